The molecule has 0 atom stereocenters. The molecule has 1 amide bonds. The number of rotatable bonds is 6. The molecule has 0 fully saturated rings. The molecular weight excluding hydrogens is 318 g/mol. The van der Waals surface area contributed by atoms with Gasteiger partial charge in [0.1, 0.15) is 11.5 Å². The van der Waals surface area contributed by atoms with Crippen LogP contribution < -0.4 is 14.8 Å². The average molecular weight is 339 g/mol. The Morgan fingerprint density at radius 3 is 2.40 bits per heavy atom. The van der Waals surface area contributed by atoms with Crippen LogP contribution in [-0.4, -0.2) is 25.9 Å². The highest BCUT2D eigenvalue weighted by Gasteiger charge is 2.09. The minimum atomic E-state index is -0.281. The van der Waals surface area contributed by atoms with Gasteiger partial charge in [-0.25, -0.2) is 0 Å². The first-order valence-electron chi connectivity index (χ1n) is 7.77. The topological polar surface area (TPSA) is 64.6 Å². The molecule has 2 aromatic carbocycles. The molecule has 0 heterocycles. The van der Waals surface area contributed by atoms with Crippen LogP contribution in [0.1, 0.15) is 29.8 Å². The molecule has 2 rings (SSSR count). The second-order valence-corrected chi connectivity index (χ2v) is 5.52. The van der Waals surface area contributed by atoms with Gasteiger partial charge >= 0.3 is 0 Å². The molecule has 0 saturated carbocycles. The molecule has 2 aromatic rings. The second-order valence-electron chi connectivity index (χ2n) is 5.52. The fourth-order valence-corrected chi connectivity index (χ4v) is 2.39. The average Bonchev–Trinajstić information content (AvgIpc) is 2.61. The Bertz CT molecular complexity index is 824. The Morgan fingerprint density at radius 2 is 1.76 bits per heavy atom. The van der Waals surface area contributed by atoms with E-state index in [1.54, 1.807) is 44.6 Å². The van der Waals surface area contributed by atoms with Gasteiger partial charge in [-0.2, -0.15) is 0 Å². The summed E-state index contributed by atoms with van der Waals surface area (Å²) in [6, 6.07) is 12.2. The van der Waals surface area contributed by atoms with Crippen LogP contribution in [0.2, 0.25) is 0 Å². The normalized spacial score (nSPS) is 11.0. The third kappa shape index (κ3) is 4.70. The highest BCUT2D eigenvalue weighted by Crippen LogP contribution is 2.29. The van der Waals surface area contributed by atoms with Crippen LogP contribution in [-0.2, 0) is 4.79 Å². The predicted octanol–water partition coefficient (Wildman–Crippen LogP) is 3.95. The van der Waals surface area contributed by atoms with Gasteiger partial charge in [-0.15, -0.1) is 0 Å². The lowest BCUT2D eigenvalue weighted by Gasteiger charge is -2.11. The first-order valence-corrected chi connectivity index (χ1v) is 7.77. The predicted molar refractivity (Wildman–Crippen MR) is 98.3 cm³/mol. The molecule has 0 bridgehead atoms. The minimum absolute atomic E-state index is 0.0502. The minimum Gasteiger partial charge on any atom is -0.497 e. The van der Waals surface area contributed by atoms with Gasteiger partial charge < -0.3 is 14.8 Å². The largest absolute Gasteiger partial charge is 0.497 e. The number of benzene rings is 2. The van der Waals surface area contributed by atoms with Crippen molar-refractivity contribution in [2.75, 3.05) is 19.5 Å². The summed E-state index contributed by atoms with van der Waals surface area (Å²) in [7, 11) is 3.15. The summed E-state index contributed by atoms with van der Waals surface area (Å²) in [5.41, 5.74) is 2.68. The quantitative estimate of drug-likeness (QED) is 0.639. The zero-order valence-corrected chi connectivity index (χ0v) is 14.8. The SMILES string of the molecule is COc1ccc(/C(C)=C/C(=O)Nc2cccc(C(C)=O)c2)c(OC)c1. The number of carbonyl (C=O) groups excluding carboxylic acids is 2. The molecular formula is C20H21NO4. The van der Waals surface area contributed by atoms with E-state index < -0.39 is 0 Å². The van der Waals surface area contributed by atoms with Crippen molar-refractivity contribution >= 4 is 23.0 Å². The summed E-state index contributed by atoms with van der Waals surface area (Å²) in [4.78, 5) is 23.7. The van der Waals surface area contributed by atoms with Crippen LogP contribution >= 0.6 is 0 Å². The number of allylic oxidation sites excluding steroid dienone is 1. The molecule has 0 aliphatic carbocycles. The number of methoxy groups -OCH3 is 2. The second kappa shape index (κ2) is 8.15. The van der Waals surface area contributed by atoms with Gasteiger partial charge in [0.2, 0.25) is 5.91 Å². The molecule has 130 valence electrons. The van der Waals surface area contributed by atoms with Crippen molar-refractivity contribution in [2.45, 2.75) is 13.8 Å². The summed E-state index contributed by atoms with van der Waals surface area (Å²) >= 11 is 0. The Labute approximate surface area is 147 Å². The van der Waals surface area contributed by atoms with Gasteiger partial charge in [0.05, 0.1) is 14.2 Å². The number of amides is 1. The molecule has 0 unspecified atom stereocenters. The highest BCUT2D eigenvalue weighted by atomic mass is 16.5. The molecule has 25 heavy (non-hydrogen) atoms. The number of ether oxygens (including phenoxy) is 2. The fraction of sp³-hybridized carbons (Fsp3) is 0.200. The van der Waals surface area contributed by atoms with Crippen LogP contribution in [0.4, 0.5) is 5.69 Å². The van der Waals surface area contributed by atoms with E-state index in [9.17, 15) is 9.59 Å². The van der Waals surface area contributed by atoms with Crippen molar-refractivity contribution in [1.82, 2.24) is 0 Å². The first kappa shape index (κ1) is 18.3. The lowest BCUT2D eigenvalue weighted by atomic mass is 10.1. The van der Waals surface area contributed by atoms with Gasteiger partial charge in [-0.1, -0.05) is 12.1 Å². The fourth-order valence-electron chi connectivity index (χ4n) is 2.39. The van der Waals surface area contributed by atoms with E-state index in [-0.39, 0.29) is 11.7 Å². The van der Waals surface area contributed by atoms with Crippen molar-refractivity contribution in [3.05, 3.63) is 59.7 Å². The summed E-state index contributed by atoms with van der Waals surface area (Å²) in [5.74, 6) is 0.972. The van der Waals surface area contributed by atoms with E-state index in [1.165, 1.54) is 13.0 Å². The maximum atomic E-state index is 12.3. The number of hydrogen-bond donors (Lipinski definition) is 1. The molecule has 1 N–H and O–H groups in total. The molecule has 5 nitrogen and oxygen atoms in total. The van der Waals surface area contributed by atoms with Crippen LogP contribution in [0, 0.1) is 0 Å². The molecule has 0 aliphatic heterocycles. The zero-order valence-electron chi connectivity index (χ0n) is 14.8. The van der Waals surface area contributed by atoms with E-state index in [4.69, 9.17) is 9.47 Å². The van der Waals surface area contributed by atoms with Crippen LogP contribution in [0.25, 0.3) is 5.57 Å². The summed E-state index contributed by atoms with van der Waals surface area (Å²) in [6.45, 7) is 3.32. The lowest BCUT2D eigenvalue weighted by Crippen LogP contribution is -2.09. The van der Waals surface area contributed by atoms with Gasteiger partial charge in [0, 0.05) is 29.0 Å². The third-order valence-corrected chi connectivity index (χ3v) is 3.72. The van der Waals surface area contributed by atoms with Crippen molar-refractivity contribution in [3.8, 4) is 11.5 Å². The number of nitrogens with one attached hydrogen (secondary N) is 1. The molecule has 0 radical (unpaired) electrons. The molecule has 0 saturated heterocycles. The Morgan fingerprint density at radius 1 is 1.00 bits per heavy atom. The molecule has 0 aliphatic rings. The van der Waals surface area contributed by atoms with Crippen LogP contribution in [0.5, 0.6) is 11.5 Å². The monoisotopic (exact) mass is 339 g/mol. The van der Waals surface area contributed by atoms with Gasteiger partial charge in [-0.05, 0) is 43.7 Å². The van der Waals surface area contributed by atoms with Gasteiger partial charge in [0.15, 0.2) is 5.78 Å². The first-order chi connectivity index (χ1) is 11.9. The zero-order chi connectivity index (χ0) is 18.4. The summed E-state index contributed by atoms with van der Waals surface area (Å²) < 4.78 is 10.5. The number of Topliss-reactive ketones (excluding diaryl/α,β-unsaturated/α-hetero) is 1. The summed E-state index contributed by atoms with van der Waals surface area (Å²) in [6.07, 6.45) is 1.49. The van der Waals surface area contributed by atoms with E-state index >= 15 is 0 Å². The Hall–Kier alpha value is -3.08. The van der Waals surface area contributed by atoms with Gasteiger partial charge in [0.25, 0.3) is 0 Å². The van der Waals surface area contributed by atoms with E-state index in [0.717, 1.165) is 11.1 Å². The standard InChI is InChI=1S/C20H21NO4/c1-13(18-9-8-17(24-3)12-19(18)25-4)10-20(23)21-16-7-5-6-15(11-16)14(2)22/h5-12H,1-4H3,(H,21,23)/b13-10+. The number of hydrogen-bond acceptors (Lipinski definition) is 4. The highest BCUT2D eigenvalue weighted by molar-refractivity contribution is 6.05. The van der Waals surface area contributed by atoms with Crippen molar-refractivity contribution in [2.24, 2.45) is 0 Å². The van der Waals surface area contributed by atoms with Crippen molar-refractivity contribution in [3.63, 3.8) is 0 Å². The number of anilines is 1. The maximum Gasteiger partial charge on any atom is 0.248 e. The van der Waals surface area contributed by atoms with E-state index in [2.05, 4.69) is 5.32 Å². The molecule has 5 heteroatoms. The lowest BCUT2D eigenvalue weighted by molar-refractivity contribution is -0.111. The molecule has 0 aromatic heterocycles. The van der Waals surface area contributed by atoms with Gasteiger partial charge in [-0.3, -0.25) is 9.59 Å². The van der Waals surface area contributed by atoms with Crippen molar-refractivity contribution < 1.29 is 19.1 Å². The smallest absolute Gasteiger partial charge is 0.248 e. The number of ketones is 1. The number of carbonyl (C=O) groups is 2. The Kier molecular flexibility index (Phi) is 5.95. The van der Waals surface area contributed by atoms with E-state index in [1.807, 2.05) is 19.1 Å². The van der Waals surface area contributed by atoms with Crippen LogP contribution in [0.3, 0.4) is 0 Å². The third-order valence-electron chi connectivity index (χ3n) is 3.72. The van der Waals surface area contributed by atoms with Crippen molar-refractivity contribution in [1.29, 1.82) is 0 Å². The van der Waals surface area contributed by atoms with E-state index in [0.29, 0.717) is 22.7 Å². The Balaban J connectivity index is 2.20. The maximum absolute atomic E-state index is 12.3. The van der Waals surface area contributed by atoms with Crippen LogP contribution in [0.15, 0.2) is 48.5 Å². The summed E-state index contributed by atoms with van der Waals surface area (Å²) in [5, 5.41) is 2.76. The molecule has 0 spiro atoms.